The second-order valence-electron chi connectivity index (χ2n) is 4.36. The van der Waals surface area contributed by atoms with Crippen LogP contribution in [0.25, 0.3) is 11.1 Å². The molecule has 0 aliphatic carbocycles. The first-order valence-electron chi connectivity index (χ1n) is 5.37. The van der Waals surface area contributed by atoms with Crippen molar-refractivity contribution >= 4 is 21.9 Å². The van der Waals surface area contributed by atoms with Gasteiger partial charge in [-0.25, -0.2) is 0 Å². The first kappa shape index (κ1) is 14.3. The molecule has 2 rings (SSSR count). The maximum absolute atomic E-state index is 12.6. The van der Waals surface area contributed by atoms with Gasteiger partial charge in [0.15, 0.2) is 0 Å². The van der Waals surface area contributed by atoms with Crippen molar-refractivity contribution in [3.8, 4) is 11.1 Å². The molecule has 0 aromatic heterocycles. The number of aryl methyl sites for hydroxylation is 1. The number of rotatable bonds is 2. The van der Waals surface area contributed by atoms with Gasteiger partial charge in [0.05, 0.1) is 0 Å². The van der Waals surface area contributed by atoms with Crippen molar-refractivity contribution in [3.63, 3.8) is 0 Å². The summed E-state index contributed by atoms with van der Waals surface area (Å²) in [6.07, 6.45) is 0. The second kappa shape index (κ2) is 3.71. The molecule has 6 heteroatoms. The van der Waals surface area contributed by atoms with E-state index in [1.54, 1.807) is 24.3 Å². The normalized spacial score (nSPS) is 15.7. The molecule has 0 spiro atoms. The van der Waals surface area contributed by atoms with Crippen molar-refractivity contribution < 1.29 is 14.5 Å². The molecule has 0 unspecified atom stereocenters. The molecule has 0 atom stereocenters. The molecule has 0 aliphatic rings. The third-order valence-corrected chi connectivity index (χ3v) is 6.00. The van der Waals surface area contributed by atoms with Gasteiger partial charge in [-0.2, -0.15) is 0 Å². The van der Waals surface area contributed by atoms with Crippen LogP contribution in [0.3, 0.4) is 0 Å². The Labute approximate surface area is 108 Å². The topological polar surface area (TPSA) is 0 Å². The minimum atomic E-state index is -10.4. The van der Waals surface area contributed by atoms with Crippen LogP contribution in [-0.4, -0.2) is 18.3 Å². The van der Waals surface area contributed by atoms with Crippen LogP contribution >= 0.6 is 0 Å². The zero-order chi connectivity index (χ0) is 14.4. The monoisotopic (exact) mass is 392 g/mol. The summed E-state index contributed by atoms with van der Waals surface area (Å²) in [7, 11) is 0. The van der Waals surface area contributed by atoms with Crippen molar-refractivity contribution in [2.24, 2.45) is 0 Å². The zero-order valence-electron chi connectivity index (χ0n) is 9.92. The van der Waals surface area contributed by atoms with E-state index in [1.807, 2.05) is 6.92 Å². The van der Waals surface area contributed by atoms with Crippen LogP contribution in [0.1, 0.15) is 5.56 Å². The molecule has 0 fully saturated rings. The average molecular weight is 390 g/mol. The van der Waals surface area contributed by atoms with Crippen molar-refractivity contribution in [1.29, 1.82) is 0 Å². The summed E-state index contributed by atoms with van der Waals surface area (Å²) in [5.74, 6) is 0. The number of hydrogen-bond acceptors (Lipinski definition) is 0. The van der Waals surface area contributed by atoms with Gasteiger partial charge in [-0.1, -0.05) is 0 Å². The summed E-state index contributed by atoms with van der Waals surface area (Å²) in [6, 6.07) is 10.1. The zero-order valence-corrected chi connectivity index (χ0v) is 12.2. The Balaban J connectivity index is 2.43. The Morgan fingerprint density at radius 1 is 0.632 bits per heavy atom. The molecule has 0 bridgehead atoms. The molecule has 104 valence electrons. The van der Waals surface area contributed by atoms with Crippen molar-refractivity contribution in [2.45, 2.75) is 6.92 Å². The first-order valence-corrected chi connectivity index (χ1v) is 10.9. The van der Waals surface area contributed by atoms with E-state index in [-0.39, 0.29) is 0 Å². The van der Waals surface area contributed by atoms with E-state index in [1.165, 1.54) is 0 Å². The molecule has 0 amide bonds. The Morgan fingerprint density at radius 2 is 1.00 bits per heavy atom. The molecule has 0 aliphatic heterocycles. The number of halogens is 5. The van der Waals surface area contributed by atoms with Crippen LogP contribution in [0.5, 0.6) is 0 Å². The van der Waals surface area contributed by atoms with E-state index in [4.69, 9.17) is 0 Å². The third-order valence-electron chi connectivity index (χ3n) is 2.68. The van der Waals surface area contributed by atoms with Gasteiger partial charge in [-0.3, -0.25) is 0 Å². The number of hydrogen-bond donors (Lipinski definition) is 0. The van der Waals surface area contributed by atoms with E-state index in [0.717, 1.165) is 17.7 Å². The third kappa shape index (κ3) is 3.46. The van der Waals surface area contributed by atoms with Gasteiger partial charge in [0.2, 0.25) is 0 Å². The van der Waals surface area contributed by atoms with E-state index in [9.17, 15) is 14.5 Å². The van der Waals surface area contributed by atoms with Gasteiger partial charge in [-0.05, 0) is 0 Å². The molecule has 19 heavy (non-hydrogen) atoms. The molecule has 0 nitrogen and oxygen atoms in total. The fourth-order valence-electron chi connectivity index (χ4n) is 1.65. The summed E-state index contributed by atoms with van der Waals surface area (Å²) in [5, 5.41) is 0. The summed E-state index contributed by atoms with van der Waals surface area (Å²) in [5.41, 5.74) is 2.17. The molecule has 2 aromatic rings. The molecule has 0 saturated carbocycles. The number of benzene rings is 2. The summed E-state index contributed by atoms with van der Waals surface area (Å²) in [6.45, 7) is 1.88. The predicted octanol–water partition coefficient (Wildman–Crippen LogP) is 4.56. The van der Waals surface area contributed by atoms with Gasteiger partial charge in [0.25, 0.3) is 0 Å². The summed E-state index contributed by atoms with van der Waals surface area (Å²) < 4.78 is 61.2. The van der Waals surface area contributed by atoms with Gasteiger partial charge < -0.3 is 0 Å². The fraction of sp³-hybridized carbons (Fsp3) is 0.0769. The Morgan fingerprint density at radius 3 is 1.37 bits per heavy atom. The Kier molecular flexibility index (Phi) is 2.79. The van der Waals surface area contributed by atoms with Crippen LogP contribution in [0, 0.1) is 6.92 Å². The Hall–Kier alpha value is -1.12. The van der Waals surface area contributed by atoms with Crippen LogP contribution in [0.4, 0.5) is 14.5 Å². The van der Waals surface area contributed by atoms with Crippen LogP contribution in [0.15, 0.2) is 48.5 Å². The SMILES string of the molecule is Cc1ccc(-c2ccc([Te](F)(F)(F)(F)F)cc2)cc1. The quantitative estimate of drug-likeness (QED) is 0.522. The van der Waals surface area contributed by atoms with E-state index in [2.05, 4.69) is 0 Å². The first-order chi connectivity index (χ1) is 8.45. The van der Waals surface area contributed by atoms with Crippen molar-refractivity contribution in [3.05, 3.63) is 54.1 Å². The predicted molar refractivity (Wildman–Crippen MR) is 67.5 cm³/mol. The molecule has 0 radical (unpaired) electrons. The van der Waals surface area contributed by atoms with Crippen molar-refractivity contribution in [2.75, 3.05) is 0 Å². The minimum absolute atomic E-state index is 0.459. The van der Waals surface area contributed by atoms with Gasteiger partial charge in [-0.15, -0.1) is 0 Å². The summed E-state index contributed by atoms with van der Waals surface area (Å²) >= 11 is -10.4. The molecule has 2 aromatic carbocycles. The summed E-state index contributed by atoms with van der Waals surface area (Å²) in [4.78, 5) is 0. The fourth-order valence-corrected chi connectivity index (χ4v) is 3.51. The van der Waals surface area contributed by atoms with Crippen LogP contribution < -0.4 is 3.61 Å². The second-order valence-corrected chi connectivity index (χ2v) is 11.2. The molecular formula is C13H11F5Te. The van der Waals surface area contributed by atoms with Gasteiger partial charge in [0, 0.05) is 0 Å². The van der Waals surface area contributed by atoms with Gasteiger partial charge >= 0.3 is 108 Å². The maximum atomic E-state index is 12.6. The van der Waals surface area contributed by atoms with E-state index < -0.39 is 21.9 Å². The van der Waals surface area contributed by atoms with E-state index in [0.29, 0.717) is 23.3 Å². The molecule has 0 heterocycles. The van der Waals surface area contributed by atoms with Crippen molar-refractivity contribution in [1.82, 2.24) is 0 Å². The van der Waals surface area contributed by atoms with Gasteiger partial charge in [0.1, 0.15) is 0 Å². The van der Waals surface area contributed by atoms with Crippen LogP contribution in [-0.2, 0) is 0 Å². The van der Waals surface area contributed by atoms with E-state index >= 15 is 0 Å². The molecule has 0 N–H and O–H groups in total. The molecule has 0 saturated heterocycles. The average Bonchev–Trinajstić information content (AvgIpc) is 2.27. The molecular weight excluding hydrogens is 379 g/mol. The Bertz CT molecular complexity index is 596. The standard InChI is InChI=1S/C13H11F5Te/c1-10-2-4-11(5-3-10)12-6-8-13(9-7-12)19(14,15,16,17)18/h2-9H,1H3. The van der Waals surface area contributed by atoms with Crippen LogP contribution in [0.2, 0.25) is 0 Å².